The number of hydrogen-bond acceptors (Lipinski definition) is 3. The third kappa shape index (κ3) is 2.21. The van der Waals surface area contributed by atoms with Crippen molar-refractivity contribution in [1.29, 1.82) is 0 Å². The summed E-state index contributed by atoms with van der Waals surface area (Å²) in [6, 6.07) is 0.195. The summed E-state index contributed by atoms with van der Waals surface area (Å²) in [5.41, 5.74) is 0.528. The highest BCUT2D eigenvalue weighted by Gasteiger charge is 2.19. The fraction of sp³-hybridized carbons (Fsp3) is 0.500. The van der Waals surface area contributed by atoms with Crippen LogP contribution < -0.4 is 10.7 Å². The first-order valence-electron chi connectivity index (χ1n) is 7.01. The second-order valence-electron chi connectivity index (χ2n) is 5.37. The van der Waals surface area contributed by atoms with Gasteiger partial charge < -0.3 is 10.3 Å². The van der Waals surface area contributed by atoms with E-state index in [1.807, 2.05) is 0 Å². The lowest BCUT2D eigenvalue weighted by Crippen LogP contribution is -2.38. The van der Waals surface area contributed by atoms with Gasteiger partial charge in [0.2, 0.25) is 5.43 Å². The maximum Gasteiger partial charge on any atom is 0.256 e. The van der Waals surface area contributed by atoms with Crippen molar-refractivity contribution in [2.24, 2.45) is 7.05 Å². The molecule has 1 amide bonds. The van der Waals surface area contributed by atoms with Crippen LogP contribution in [0.3, 0.4) is 0 Å². The molecule has 2 aromatic heterocycles. The van der Waals surface area contributed by atoms with Crippen molar-refractivity contribution in [2.75, 3.05) is 0 Å². The van der Waals surface area contributed by atoms with Crippen LogP contribution in [0.5, 0.6) is 0 Å². The Balaban J connectivity index is 1.87. The molecule has 2 heterocycles. The van der Waals surface area contributed by atoms with Crippen LogP contribution in [0.25, 0.3) is 11.0 Å². The van der Waals surface area contributed by atoms with Gasteiger partial charge in [-0.1, -0.05) is 19.3 Å². The fourth-order valence-electron chi connectivity index (χ4n) is 2.80. The molecule has 1 aliphatic rings. The first-order chi connectivity index (χ1) is 9.66. The third-order valence-corrected chi connectivity index (χ3v) is 3.97. The number of aromatic amines is 1. The largest absolute Gasteiger partial charge is 0.349 e. The number of pyridine rings is 1. The first kappa shape index (κ1) is 12.9. The molecule has 1 fully saturated rings. The molecule has 0 saturated heterocycles. The Morgan fingerprint density at radius 1 is 1.40 bits per heavy atom. The summed E-state index contributed by atoms with van der Waals surface area (Å²) in [6.45, 7) is 0. The lowest BCUT2D eigenvalue weighted by molar-refractivity contribution is 0.0926. The number of aromatic nitrogens is 3. The molecule has 6 nitrogen and oxygen atoms in total. The molecule has 0 aliphatic heterocycles. The number of fused-ring (bicyclic) bond motifs is 1. The van der Waals surface area contributed by atoms with Crippen LogP contribution in [0, 0.1) is 0 Å². The van der Waals surface area contributed by atoms with Crippen molar-refractivity contribution in [3.63, 3.8) is 0 Å². The second kappa shape index (κ2) is 5.11. The maximum absolute atomic E-state index is 12.3. The SMILES string of the molecule is Cn1ncc2c(=O)c(C(=O)NC3CCCCC3)c[nH]c21. The number of carbonyl (C=O) groups excluding carboxylic acids is 1. The van der Waals surface area contributed by atoms with E-state index in [0.29, 0.717) is 11.0 Å². The zero-order valence-corrected chi connectivity index (χ0v) is 11.5. The van der Waals surface area contributed by atoms with Crippen molar-refractivity contribution in [3.8, 4) is 0 Å². The van der Waals surface area contributed by atoms with Crippen LogP contribution in [0.1, 0.15) is 42.5 Å². The minimum atomic E-state index is -0.288. The number of H-pyrrole nitrogens is 1. The van der Waals surface area contributed by atoms with E-state index in [1.165, 1.54) is 18.8 Å². The van der Waals surface area contributed by atoms with Crippen molar-refractivity contribution in [2.45, 2.75) is 38.1 Å². The lowest BCUT2D eigenvalue weighted by atomic mass is 9.95. The highest BCUT2D eigenvalue weighted by atomic mass is 16.2. The number of amides is 1. The molecule has 106 valence electrons. The molecule has 2 aromatic rings. The van der Waals surface area contributed by atoms with E-state index in [0.717, 1.165) is 25.7 Å². The second-order valence-corrected chi connectivity index (χ2v) is 5.37. The Morgan fingerprint density at radius 2 is 2.15 bits per heavy atom. The number of nitrogens with one attached hydrogen (secondary N) is 2. The molecule has 0 radical (unpaired) electrons. The molecule has 0 atom stereocenters. The van der Waals surface area contributed by atoms with Gasteiger partial charge >= 0.3 is 0 Å². The number of hydrogen-bond donors (Lipinski definition) is 2. The van der Waals surface area contributed by atoms with Crippen molar-refractivity contribution in [1.82, 2.24) is 20.1 Å². The minimum absolute atomic E-state index is 0.163. The Morgan fingerprint density at radius 3 is 2.90 bits per heavy atom. The van der Waals surface area contributed by atoms with Crippen LogP contribution in [0.2, 0.25) is 0 Å². The van der Waals surface area contributed by atoms with Crippen LogP contribution >= 0.6 is 0 Å². The number of rotatable bonds is 2. The van der Waals surface area contributed by atoms with Gasteiger partial charge in [0.15, 0.2) is 0 Å². The zero-order chi connectivity index (χ0) is 14.1. The molecule has 2 N–H and O–H groups in total. The molecular formula is C14H18N4O2. The minimum Gasteiger partial charge on any atom is -0.349 e. The maximum atomic E-state index is 12.3. The van der Waals surface area contributed by atoms with Gasteiger partial charge in [0.1, 0.15) is 11.2 Å². The number of carbonyl (C=O) groups is 1. The predicted molar refractivity (Wildman–Crippen MR) is 75.7 cm³/mol. The normalized spacial score (nSPS) is 16.4. The fourth-order valence-corrected chi connectivity index (χ4v) is 2.80. The molecule has 0 aromatic carbocycles. The molecule has 0 bridgehead atoms. The van der Waals surface area contributed by atoms with Crippen molar-refractivity contribution < 1.29 is 4.79 Å². The summed E-state index contributed by atoms with van der Waals surface area (Å²) >= 11 is 0. The molecule has 1 aliphatic carbocycles. The molecule has 0 spiro atoms. The summed E-state index contributed by atoms with van der Waals surface area (Å²) in [6.07, 6.45) is 8.48. The third-order valence-electron chi connectivity index (χ3n) is 3.97. The van der Waals surface area contributed by atoms with Gasteiger partial charge in [0.05, 0.1) is 11.6 Å². The average Bonchev–Trinajstić information content (AvgIpc) is 2.83. The number of aryl methyl sites for hydroxylation is 1. The van der Waals surface area contributed by atoms with Crippen molar-refractivity contribution in [3.05, 3.63) is 28.2 Å². The zero-order valence-electron chi connectivity index (χ0n) is 11.5. The predicted octanol–water partition coefficient (Wildman–Crippen LogP) is 1.32. The standard InChI is InChI=1S/C14H18N4O2/c1-18-13-10(8-16-18)12(19)11(7-15-13)14(20)17-9-5-3-2-4-6-9/h7-9H,2-6H2,1H3,(H,15,19)(H,17,20). The molecule has 3 rings (SSSR count). The van der Waals surface area contributed by atoms with Crippen molar-refractivity contribution >= 4 is 16.9 Å². The monoisotopic (exact) mass is 274 g/mol. The molecule has 6 heteroatoms. The van der Waals surface area contributed by atoms with Gasteiger partial charge in [-0.3, -0.25) is 14.3 Å². The topological polar surface area (TPSA) is 79.8 Å². The van der Waals surface area contributed by atoms with E-state index in [9.17, 15) is 9.59 Å². The van der Waals surface area contributed by atoms with E-state index in [4.69, 9.17) is 0 Å². The van der Waals surface area contributed by atoms with E-state index >= 15 is 0 Å². The highest BCUT2D eigenvalue weighted by Crippen LogP contribution is 2.17. The Bertz CT molecular complexity index is 695. The highest BCUT2D eigenvalue weighted by molar-refractivity contribution is 5.96. The van der Waals surface area contributed by atoms with Gasteiger partial charge in [-0.15, -0.1) is 0 Å². The van der Waals surface area contributed by atoms with E-state index in [-0.39, 0.29) is 22.9 Å². The number of nitrogens with zero attached hydrogens (tertiary/aromatic N) is 2. The lowest BCUT2D eigenvalue weighted by Gasteiger charge is -2.22. The summed E-state index contributed by atoms with van der Waals surface area (Å²) in [7, 11) is 1.75. The van der Waals surface area contributed by atoms with E-state index < -0.39 is 0 Å². The summed E-state index contributed by atoms with van der Waals surface area (Å²) in [5, 5.41) is 7.44. The Hall–Kier alpha value is -2.11. The van der Waals surface area contributed by atoms with Crippen LogP contribution in [0.15, 0.2) is 17.2 Å². The van der Waals surface area contributed by atoms with Crippen LogP contribution in [0.4, 0.5) is 0 Å². The van der Waals surface area contributed by atoms with Gasteiger partial charge in [-0.2, -0.15) is 5.10 Å². The van der Waals surface area contributed by atoms with Gasteiger partial charge in [0, 0.05) is 19.3 Å². The Kier molecular flexibility index (Phi) is 3.30. The first-order valence-corrected chi connectivity index (χ1v) is 7.01. The average molecular weight is 274 g/mol. The van der Waals surface area contributed by atoms with Crippen LogP contribution in [-0.4, -0.2) is 26.7 Å². The summed E-state index contributed by atoms with van der Waals surface area (Å²) in [5.74, 6) is -0.288. The van der Waals surface area contributed by atoms with Gasteiger partial charge in [0.25, 0.3) is 5.91 Å². The van der Waals surface area contributed by atoms with Gasteiger partial charge in [-0.05, 0) is 12.8 Å². The van der Waals surface area contributed by atoms with E-state index in [2.05, 4.69) is 15.4 Å². The van der Waals surface area contributed by atoms with Crippen LogP contribution in [-0.2, 0) is 7.05 Å². The summed E-state index contributed by atoms with van der Waals surface area (Å²) in [4.78, 5) is 27.5. The van der Waals surface area contributed by atoms with Gasteiger partial charge in [-0.25, -0.2) is 0 Å². The Labute approximate surface area is 116 Å². The molecule has 20 heavy (non-hydrogen) atoms. The molecule has 0 unspecified atom stereocenters. The molecule has 1 saturated carbocycles. The van der Waals surface area contributed by atoms with E-state index in [1.54, 1.807) is 11.7 Å². The smallest absolute Gasteiger partial charge is 0.256 e. The summed E-state index contributed by atoms with van der Waals surface area (Å²) < 4.78 is 1.58. The molecular weight excluding hydrogens is 256 g/mol. The quantitative estimate of drug-likeness (QED) is 0.867.